The summed E-state index contributed by atoms with van der Waals surface area (Å²) < 4.78 is 0. The number of hydrogen-bond acceptors (Lipinski definition) is 6. The first-order chi connectivity index (χ1) is 10.4. The van der Waals surface area contributed by atoms with Crippen LogP contribution in [0.1, 0.15) is 35.3 Å². The number of aromatic carboxylic acids is 1. The average Bonchev–Trinajstić information content (AvgIpc) is 3.13. The molecule has 3 rings (SSSR count). The van der Waals surface area contributed by atoms with Crippen LogP contribution in [-0.4, -0.2) is 49.4 Å². The van der Waals surface area contributed by atoms with Gasteiger partial charge >= 0.3 is 5.97 Å². The molecular weight excluding hydrogens is 326 g/mol. The van der Waals surface area contributed by atoms with Gasteiger partial charge in [0.1, 0.15) is 11.0 Å². The zero-order valence-corrected chi connectivity index (χ0v) is 13.5. The van der Waals surface area contributed by atoms with Crippen molar-refractivity contribution < 1.29 is 19.5 Å². The minimum absolute atomic E-state index is 0.0204. The van der Waals surface area contributed by atoms with Gasteiger partial charge in [-0.25, -0.2) is 9.78 Å². The lowest BCUT2D eigenvalue weighted by Crippen LogP contribution is -2.49. The summed E-state index contributed by atoms with van der Waals surface area (Å²) >= 11 is 2.83. The van der Waals surface area contributed by atoms with Gasteiger partial charge in [0.15, 0.2) is 5.69 Å². The molecule has 1 aromatic rings. The predicted octanol–water partition coefficient (Wildman–Crippen LogP) is 0.911. The van der Waals surface area contributed by atoms with Crippen LogP contribution >= 0.6 is 23.1 Å². The van der Waals surface area contributed by atoms with Crippen LogP contribution in [0.3, 0.4) is 0 Å². The number of thioether (sulfide) groups is 1. The van der Waals surface area contributed by atoms with Crippen molar-refractivity contribution >= 4 is 40.9 Å². The number of aromatic nitrogens is 1. The summed E-state index contributed by atoms with van der Waals surface area (Å²) in [4.78, 5) is 40.4. The Balaban J connectivity index is 1.62. The monoisotopic (exact) mass is 341 g/mol. The Labute approximate surface area is 135 Å². The van der Waals surface area contributed by atoms with E-state index >= 15 is 0 Å². The number of carbonyl (C=O) groups excluding carboxylic acids is 2. The topological polar surface area (TPSA) is 99.6 Å². The van der Waals surface area contributed by atoms with Gasteiger partial charge in [0.2, 0.25) is 11.8 Å². The van der Waals surface area contributed by atoms with Crippen molar-refractivity contribution in [3.8, 4) is 0 Å². The third kappa shape index (κ3) is 2.58. The Morgan fingerprint density at radius 3 is 3.05 bits per heavy atom. The Bertz CT molecular complexity index is 647. The smallest absolute Gasteiger partial charge is 0.355 e. The lowest BCUT2D eigenvalue weighted by Gasteiger charge is -2.29. The second-order valence-corrected chi connectivity index (χ2v) is 7.86. The summed E-state index contributed by atoms with van der Waals surface area (Å²) in [6.07, 6.45) is 1.26. The highest BCUT2D eigenvalue weighted by molar-refractivity contribution is 8.01. The van der Waals surface area contributed by atoms with Gasteiger partial charge in [-0.05, 0) is 13.3 Å². The maximum absolute atomic E-state index is 12.3. The quantitative estimate of drug-likeness (QED) is 0.844. The standard InChI is InChI=1S/C13H15N3O4S2/c1-13-3-2-10(17)16(13)8(6-22-13)11(18)14-4-9-15-7(5-21-9)12(19)20/h5,8H,2-4,6H2,1H3,(H,14,18)(H,19,20)/t8-,13+/m1/s1. The van der Waals surface area contributed by atoms with Gasteiger partial charge in [0, 0.05) is 17.6 Å². The van der Waals surface area contributed by atoms with E-state index in [0.717, 1.165) is 6.42 Å². The SMILES string of the molecule is C[C@]12CCC(=O)N1[C@@H](C(=O)NCc1nc(C(=O)O)cs1)CS2. The van der Waals surface area contributed by atoms with E-state index in [4.69, 9.17) is 5.11 Å². The fraction of sp³-hybridized carbons (Fsp3) is 0.538. The molecule has 1 aromatic heterocycles. The lowest BCUT2D eigenvalue weighted by molar-refractivity contribution is -0.138. The first-order valence-electron chi connectivity index (χ1n) is 6.82. The molecular formula is C13H15N3O4S2. The zero-order valence-electron chi connectivity index (χ0n) is 11.9. The Morgan fingerprint density at radius 1 is 1.59 bits per heavy atom. The first kappa shape index (κ1) is 15.3. The van der Waals surface area contributed by atoms with Crippen molar-refractivity contribution in [2.75, 3.05) is 5.75 Å². The van der Waals surface area contributed by atoms with Crippen molar-refractivity contribution in [3.63, 3.8) is 0 Å². The van der Waals surface area contributed by atoms with Gasteiger partial charge < -0.3 is 15.3 Å². The van der Waals surface area contributed by atoms with E-state index in [-0.39, 0.29) is 28.9 Å². The van der Waals surface area contributed by atoms with Crippen molar-refractivity contribution in [1.82, 2.24) is 15.2 Å². The van der Waals surface area contributed by atoms with Gasteiger partial charge in [0.25, 0.3) is 0 Å². The van der Waals surface area contributed by atoms with Crippen molar-refractivity contribution in [2.24, 2.45) is 0 Å². The molecule has 2 aliphatic rings. The molecule has 0 unspecified atom stereocenters. The number of thiazole rings is 1. The number of carbonyl (C=O) groups is 3. The molecule has 0 spiro atoms. The van der Waals surface area contributed by atoms with E-state index in [1.54, 1.807) is 16.7 Å². The molecule has 2 amide bonds. The van der Waals surface area contributed by atoms with Crippen LogP contribution in [0.5, 0.6) is 0 Å². The fourth-order valence-electron chi connectivity index (χ4n) is 2.79. The maximum atomic E-state index is 12.3. The van der Waals surface area contributed by atoms with E-state index in [2.05, 4.69) is 10.3 Å². The molecule has 3 heterocycles. The van der Waals surface area contributed by atoms with Gasteiger partial charge in [-0.15, -0.1) is 23.1 Å². The number of amides is 2. The predicted molar refractivity (Wildman–Crippen MR) is 81.7 cm³/mol. The molecule has 2 N–H and O–H groups in total. The molecule has 2 aliphatic heterocycles. The highest BCUT2D eigenvalue weighted by atomic mass is 32.2. The molecule has 2 fully saturated rings. The van der Waals surface area contributed by atoms with Crippen molar-refractivity contribution in [3.05, 3.63) is 16.1 Å². The number of nitrogens with zero attached hydrogens (tertiary/aromatic N) is 2. The fourth-order valence-corrected chi connectivity index (χ4v) is 4.93. The third-order valence-corrected chi connectivity index (χ3v) is 6.29. The molecule has 9 heteroatoms. The normalized spacial score (nSPS) is 27.0. The molecule has 22 heavy (non-hydrogen) atoms. The number of carboxylic acids is 1. The molecule has 0 saturated carbocycles. The molecule has 118 valence electrons. The van der Waals surface area contributed by atoms with Crippen LogP contribution < -0.4 is 5.32 Å². The molecule has 0 bridgehead atoms. The van der Waals surface area contributed by atoms with Crippen molar-refractivity contribution in [2.45, 2.75) is 37.2 Å². The summed E-state index contributed by atoms with van der Waals surface area (Å²) in [5, 5.41) is 13.5. The zero-order chi connectivity index (χ0) is 15.9. The van der Waals surface area contributed by atoms with E-state index in [1.165, 1.54) is 16.7 Å². The number of carboxylic acid groups (broad SMARTS) is 1. The molecule has 0 aromatic carbocycles. The minimum atomic E-state index is -1.08. The summed E-state index contributed by atoms with van der Waals surface area (Å²) in [6.45, 7) is 2.17. The number of rotatable bonds is 4. The number of nitrogens with one attached hydrogen (secondary N) is 1. The Kier molecular flexibility index (Phi) is 3.85. The summed E-state index contributed by atoms with van der Waals surface area (Å²) in [6, 6.07) is -0.455. The molecule has 0 radical (unpaired) electrons. The van der Waals surface area contributed by atoms with E-state index in [0.29, 0.717) is 17.2 Å². The van der Waals surface area contributed by atoms with Gasteiger partial charge in [-0.3, -0.25) is 9.59 Å². The van der Waals surface area contributed by atoms with E-state index < -0.39 is 12.0 Å². The van der Waals surface area contributed by atoms with Crippen LogP contribution in [0.15, 0.2) is 5.38 Å². The molecule has 7 nitrogen and oxygen atoms in total. The van der Waals surface area contributed by atoms with Crippen LogP contribution in [-0.2, 0) is 16.1 Å². The number of fused-ring (bicyclic) bond motifs is 1. The van der Waals surface area contributed by atoms with E-state index in [9.17, 15) is 14.4 Å². The Morgan fingerprint density at radius 2 is 2.36 bits per heavy atom. The van der Waals surface area contributed by atoms with Gasteiger partial charge in [-0.1, -0.05) is 0 Å². The van der Waals surface area contributed by atoms with Crippen molar-refractivity contribution in [1.29, 1.82) is 0 Å². The number of hydrogen-bond donors (Lipinski definition) is 2. The third-order valence-electron chi connectivity index (χ3n) is 3.93. The second kappa shape index (κ2) is 5.54. The average molecular weight is 341 g/mol. The second-order valence-electron chi connectivity index (χ2n) is 5.42. The van der Waals surface area contributed by atoms with Crippen LogP contribution in [0, 0.1) is 0 Å². The maximum Gasteiger partial charge on any atom is 0.355 e. The first-order valence-corrected chi connectivity index (χ1v) is 8.69. The van der Waals surface area contributed by atoms with Gasteiger partial charge in [0.05, 0.1) is 11.4 Å². The molecule has 2 atom stereocenters. The van der Waals surface area contributed by atoms with Crippen LogP contribution in [0.4, 0.5) is 0 Å². The summed E-state index contributed by atoms with van der Waals surface area (Å²) in [7, 11) is 0. The Hall–Kier alpha value is -1.61. The minimum Gasteiger partial charge on any atom is -0.476 e. The van der Waals surface area contributed by atoms with Gasteiger partial charge in [-0.2, -0.15) is 0 Å². The van der Waals surface area contributed by atoms with Crippen LogP contribution in [0.25, 0.3) is 0 Å². The molecule has 0 aliphatic carbocycles. The highest BCUT2D eigenvalue weighted by Crippen LogP contribution is 2.47. The lowest BCUT2D eigenvalue weighted by atomic mass is 10.2. The highest BCUT2D eigenvalue weighted by Gasteiger charge is 2.52. The summed E-state index contributed by atoms with van der Waals surface area (Å²) in [5.74, 6) is -0.681. The molecule has 2 saturated heterocycles. The summed E-state index contributed by atoms with van der Waals surface area (Å²) in [5.41, 5.74) is -0.0204. The van der Waals surface area contributed by atoms with Crippen LogP contribution in [0.2, 0.25) is 0 Å². The largest absolute Gasteiger partial charge is 0.476 e. The van der Waals surface area contributed by atoms with E-state index in [1.807, 2.05) is 6.92 Å².